The highest BCUT2D eigenvalue weighted by Crippen LogP contribution is 2.43. The van der Waals surface area contributed by atoms with Gasteiger partial charge in [0.05, 0.1) is 18.8 Å². The molecule has 3 aromatic carbocycles. The zero-order valence-corrected chi connectivity index (χ0v) is 33.5. The summed E-state index contributed by atoms with van der Waals surface area (Å²) < 4.78 is 25.8. The summed E-state index contributed by atoms with van der Waals surface area (Å²) in [7, 11) is -2.67. The van der Waals surface area contributed by atoms with Crippen LogP contribution in [-0.2, 0) is 32.0 Å². The standard InChI is InChI=1S/C41H57N3O8Si/c1-10-41(7)33(24-45)42-37(46)34(27(2)3)43-38(47)35(44-39(48)50-26-29-19-15-12-16-20-29)36(52-53(8,9)40(4,5)6)30-21-22-31(32(23-30)51-41)49-25-28-17-13-11-14-18-28/h11-23,27,33-36,45H,10,24-26H2,1-9H3,(H,42,46)(H,43,47)(H,44,48)/t33-,34+,35+,36-,41-/m1/s1. The predicted molar refractivity (Wildman–Crippen MR) is 207 cm³/mol. The lowest BCUT2D eigenvalue weighted by Gasteiger charge is -2.41. The van der Waals surface area contributed by atoms with Crippen LogP contribution in [0.1, 0.15) is 77.7 Å². The third-order valence-electron chi connectivity index (χ3n) is 10.4. The predicted octanol–water partition coefficient (Wildman–Crippen LogP) is 6.80. The van der Waals surface area contributed by atoms with E-state index in [1.165, 1.54) is 0 Å². The molecule has 3 aromatic rings. The fourth-order valence-electron chi connectivity index (χ4n) is 5.70. The molecule has 1 aliphatic rings. The van der Waals surface area contributed by atoms with Crippen LogP contribution < -0.4 is 25.4 Å². The van der Waals surface area contributed by atoms with E-state index >= 15 is 0 Å². The number of rotatable bonds is 11. The van der Waals surface area contributed by atoms with E-state index in [0.717, 1.165) is 11.1 Å². The molecule has 53 heavy (non-hydrogen) atoms. The molecule has 0 fully saturated rings. The lowest BCUT2D eigenvalue weighted by Crippen LogP contribution is -2.62. The minimum atomic E-state index is -2.67. The fraction of sp³-hybridized carbons (Fsp3) is 0.488. The first kappa shape index (κ1) is 41.4. The SMILES string of the molecule is CC[C@@]1(C)Oc2cc(ccc2OCc2ccccc2)[C@@H](O[Si](C)(C)C(C)(C)C)[C@H](NC(=O)OCc2ccccc2)C(=O)N[C@@H](C(C)C)C(=O)N[C@@H]1CO. The number of ether oxygens (including phenoxy) is 3. The molecule has 2 bridgehead atoms. The summed E-state index contributed by atoms with van der Waals surface area (Å²) in [5.41, 5.74) is 1.15. The molecule has 11 nitrogen and oxygen atoms in total. The minimum Gasteiger partial charge on any atom is -0.485 e. The fourth-order valence-corrected chi connectivity index (χ4v) is 6.96. The zero-order valence-electron chi connectivity index (χ0n) is 32.5. The van der Waals surface area contributed by atoms with Crippen LogP contribution in [0.5, 0.6) is 11.5 Å². The molecular weight excluding hydrogens is 691 g/mol. The number of nitrogens with one attached hydrogen (secondary N) is 3. The Labute approximate surface area is 315 Å². The van der Waals surface area contributed by atoms with Crippen molar-refractivity contribution in [2.75, 3.05) is 6.61 Å². The molecule has 0 saturated carbocycles. The van der Waals surface area contributed by atoms with Gasteiger partial charge in [0.1, 0.15) is 30.9 Å². The molecule has 12 heteroatoms. The average Bonchev–Trinajstić information content (AvgIpc) is 3.12. The summed E-state index contributed by atoms with van der Waals surface area (Å²) in [5, 5.41) is 19.0. The number of aliphatic hydroxyl groups is 1. The highest BCUT2D eigenvalue weighted by Gasteiger charge is 2.45. The van der Waals surface area contributed by atoms with Crippen molar-refractivity contribution in [1.82, 2.24) is 16.0 Å². The maximum absolute atomic E-state index is 14.6. The number of hydrogen-bond donors (Lipinski definition) is 4. The van der Waals surface area contributed by atoms with Crippen molar-refractivity contribution in [3.63, 3.8) is 0 Å². The molecule has 0 aromatic heterocycles. The van der Waals surface area contributed by atoms with Crippen molar-refractivity contribution in [3.8, 4) is 11.5 Å². The van der Waals surface area contributed by atoms with E-state index in [-0.39, 0.29) is 24.2 Å². The zero-order chi connectivity index (χ0) is 39.0. The maximum atomic E-state index is 14.6. The Morgan fingerprint density at radius 2 is 1.55 bits per heavy atom. The normalized spacial score (nSPS) is 22.6. The van der Waals surface area contributed by atoms with Crippen molar-refractivity contribution in [3.05, 3.63) is 95.6 Å². The van der Waals surface area contributed by atoms with Crippen LogP contribution in [0.3, 0.4) is 0 Å². The molecule has 3 amide bonds. The largest absolute Gasteiger partial charge is 0.485 e. The van der Waals surface area contributed by atoms with E-state index in [1.54, 1.807) is 18.2 Å². The summed E-state index contributed by atoms with van der Waals surface area (Å²) in [6.07, 6.45) is -1.46. The molecule has 0 unspecified atom stereocenters. The van der Waals surface area contributed by atoms with Gasteiger partial charge in [0, 0.05) is 0 Å². The van der Waals surface area contributed by atoms with Crippen LogP contribution in [0, 0.1) is 5.92 Å². The second-order valence-electron chi connectivity index (χ2n) is 15.7. The van der Waals surface area contributed by atoms with Crippen molar-refractivity contribution >= 4 is 26.2 Å². The van der Waals surface area contributed by atoms with E-state index < -0.39 is 62.7 Å². The van der Waals surface area contributed by atoms with Crippen LogP contribution in [0.15, 0.2) is 78.9 Å². The summed E-state index contributed by atoms with van der Waals surface area (Å²) in [6.45, 7) is 17.6. The quantitative estimate of drug-likeness (QED) is 0.157. The monoisotopic (exact) mass is 747 g/mol. The van der Waals surface area contributed by atoms with Gasteiger partial charge in [-0.3, -0.25) is 9.59 Å². The van der Waals surface area contributed by atoms with Crippen LogP contribution in [0.4, 0.5) is 4.79 Å². The summed E-state index contributed by atoms with van der Waals surface area (Å²) in [6, 6.07) is 21.0. The first-order valence-electron chi connectivity index (χ1n) is 18.3. The highest BCUT2D eigenvalue weighted by molar-refractivity contribution is 6.74. The van der Waals surface area contributed by atoms with Crippen LogP contribution in [0.25, 0.3) is 0 Å². The van der Waals surface area contributed by atoms with Crippen LogP contribution in [0.2, 0.25) is 18.1 Å². The van der Waals surface area contributed by atoms with Gasteiger partial charge in [-0.05, 0) is 66.2 Å². The van der Waals surface area contributed by atoms with Crippen molar-refractivity contribution < 1.29 is 38.1 Å². The average molecular weight is 748 g/mol. The molecule has 0 saturated heterocycles. The molecule has 1 heterocycles. The Morgan fingerprint density at radius 3 is 2.09 bits per heavy atom. The van der Waals surface area contributed by atoms with Crippen LogP contribution >= 0.6 is 0 Å². The molecule has 4 rings (SSSR count). The van der Waals surface area contributed by atoms with E-state index in [0.29, 0.717) is 23.5 Å². The Bertz CT molecular complexity index is 1680. The maximum Gasteiger partial charge on any atom is 0.408 e. The summed E-state index contributed by atoms with van der Waals surface area (Å²) in [4.78, 5) is 42.1. The lowest BCUT2D eigenvalue weighted by atomic mass is 9.92. The number of carbonyl (C=O) groups excluding carboxylic acids is 3. The van der Waals surface area contributed by atoms with Gasteiger partial charge in [0.2, 0.25) is 11.8 Å². The van der Waals surface area contributed by atoms with Crippen molar-refractivity contribution in [2.24, 2.45) is 5.92 Å². The highest BCUT2D eigenvalue weighted by atomic mass is 28.4. The number of carbonyl (C=O) groups is 3. The van der Waals surface area contributed by atoms with Gasteiger partial charge in [0.25, 0.3) is 0 Å². The van der Waals surface area contributed by atoms with Gasteiger partial charge in [0.15, 0.2) is 19.8 Å². The summed E-state index contributed by atoms with van der Waals surface area (Å²) in [5.74, 6) is -0.761. The second kappa shape index (κ2) is 17.6. The molecule has 5 atom stereocenters. The second-order valence-corrected chi connectivity index (χ2v) is 20.5. The Balaban J connectivity index is 1.90. The van der Waals surface area contributed by atoms with Gasteiger partial charge in [-0.2, -0.15) is 0 Å². The summed E-state index contributed by atoms with van der Waals surface area (Å²) >= 11 is 0. The van der Waals surface area contributed by atoms with Gasteiger partial charge in [-0.25, -0.2) is 4.79 Å². The van der Waals surface area contributed by atoms with E-state index in [4.69, 9.17) is 18.6 Å². The lowest BCUT2D eigenvalue weighted by molar-refractivity contribution is -0.133. The molecule has 288 valence electrons. The molecule has 4 N–H and O–H groups in total. The van der Waals surface area contributed by atoms with Gasteiger partial charge in [-0.15, -0.1) is 0 Å². The van der Waals surface area contributed by atoms with Crippen molar-refractivity contribution in [2.45, 2.75) is 116 Å². The molecule has 0 aliphatic carbocycles. The van der Waals surface area contributed by atoms with Gasteiger partial charge < -0.3 is 39.7 Å². The van der Waals surface area contributed by atoms with E-state index in [2.05, 4.69) is 49.8 Å². The van der Waals surface area contributed by atoms with Gasteiger partial charge in [-0.1, -0.05) is 108 Å². The van der Waals surface area contributed by atoms with E-state index in [1.807, 2.05) is 88.4 Å². The topological polar surface area (TPSA) is 144 Å². The van der Waals surface area contributed by atoms with Crippen molar-refractivity contribution in [1.29, 1.82) is 0 Å². The molecule has 0 radical (unpaired) electrons. The number of fused-ring (bicyclic) bond motifs is 2. The molecule has 1 aliphatic heterocycles. The first-order chi connectivity index (χ1) is 25.0. The Morgan fingerprint density at radius 1 is 0.943 bits per heavy atom. The number of benzene rings is 3. The first-order valence-corrected chi connectivity index (χ1v) is 21.2. The third kappa shape index (κ3) is 10.6. The number of hydrogen-bond acceptors (Lipinski definition) is 8. The van der Waals surface area contributed by atoms with E-state index in [9.17, 15) is 19.5 Å². The van der Waals surface area contributed by atoms with Gasteiger partial charge >= 0.3 is 6.09 Å². The molecular formula is C41H57N3O8Si. The number of amides is 3. The minimum absolute atomic E-state index is 0.0185. The number of aliphatic hydroxyl groups excluding tert-OH is 1. The molecule has 0 spiro atoms. The third-order valence-corrected chi connectivity index (χ3v) is 14.8. The Hall–Kier alpha value is -4.39. The van der Waals surface area contributed by atoms with Crippen LogP contribution in [-0.4, -0.2) is 61.7 Å². The number of alkyl carbamates (subject to hydrolysis) is 1. The smallest absolute Gasteiger partial charge is 0.408 e. The Kier molecular flexibility index (Phi) is 13.8.